The molecule has 4 aliphatic carbocycles. The zero-order valence-electron chi connectivity index (χ0n) is 22.4. The molecule has 3 N–H and O–H groups in total. The van der Waals surface area contributed by atoms with Crippen LogP contribution in [-0.4, -0.2) is 75.0 Å². The second kappa shape index (κ2) is 9.18. The average molecular weight is 504 g/mol. The third-order valence-electron chi connectivity index (χ3n) is 11.3. The van der Waals surface area contributed by atoms with Crippen LogP contribution in [-0.2, 0) is 14.3 Å². The summed E-state index contributed by atoms with van der Waals surface area (Å²) < 4.78 is 5.87. The number of rotatable bonds is 5. The second-order valence-corrected chi connectivity index (χ2v) is 12.9. The van der Waals surface area contributed by atoms with E-state index in [0.717, 1.165) is 44.3 Å². The van der Waals surface area contributed by atoms with Crippen molar-refractivity contribution in [2.45, 2.75) is 115 Å². The topological polar surface area (TPSA) is 107 Å². The van der Waals surface area contributed by atoms with E-state index < -0.39 is 28.6 Å². The molecule has 1 aliphatic heterocycles. The molecule has 1 saturated heterocycles. The van der Waals surface area contributed by atoms with Gasteiger partial charge in [-0.05, 0) is 87.2 Å². The van der Waals surface area contributed by atoms with Crippen molar-refractivity contribution in [3.8, 4) is 0 Å². The average Bonchev–Trinajstić information content (AvgIpc) is 3.44. The van der Waals surface area contributed by atoms with Gasteiger partial charge in [0.2, 0.25) is 5.91 Å². The number of hydrogen-bond donors (Lipinski definition) is 3. The van der Waals surface area contributed by atoms with Crippen LogP contribution in [0.5, 0.6) is 0 Å². The van der Waals surface area contributed by atoms with E-state index in [9.17, 15) is 24.9 Å². The van der Waals surface area contributed by atoms with Crippen molar-refractivity contribution < 1.29 is 29.6 Å². The minimum atomic E-state index is -1.11. The molecular formula is C29H45NO6. The van der Waals surface area contributed by atoms with Gasteiger partial charge in [0.1, 0.15) is 0 Å². The molecule has 0 bridgehead atoms. The van der Waals surface area contributed by atoms with E-state index >= 15 is 0 Å². The van der Waals surface area contributed by atoms with Crippen LogP contribution in [0, 0.1) is 28.6 Å². The summed E-state index contributed by atoms with van der Waals surface area (Å²) >= 11 is 0. The highest BCUT2D eigenvalue weighted by Gasteiger charge is 2.67. The van der Waals surface area contributed by atoms with Crippen molar-refractivity contribution in [1.29, 1.82) is 0 Å². The first kappa shape index (κ1) is 26.3. The van der Waals surface area contributed by atoms with Crippen LogP contribution in [0.2, 0.25) is 0 Å². The number of hydrogen-bond acceptors (Lipinski definition) is 6. The quantitative estimate of drug-likeness (QED) is 0.533. The van der Waals surface area contributed by atoms with E-state index in [4.69, 9.17) is 4.74 Å². The highest BCUT2D eigenvalue weighted by atomic mass is 16.5. The third kappa shape index (κ3) is 3.75. The molecule has 5 rings (SSSR count). The van der Waals surface area contributed by atoms with Crippen molar-refractivity contribution in [1.82, 2.24) is 4.90 Å². The van der Waals surface area contributed by atoms with Crippen molar-refractivity contribution >= 4 is 11.7 Å². The van der Waals surface area contributed by atoms with Gasteiger partial charge in [0.15, 0.2) is 5.78 Å². The van der Waals surface area contributed by atoms with E-state index in [2.05, 4.69) is 20.8 Å². The Labute approximate surface area is 215 Å². The van der Waals surface area contributed by atoms with Gasteiger partial charge in [-0.15, -0.1) is 0 Å². The van der Waals surface area contributed by atoms with E-state index in [1.54, 1.807) is 6.08 Å². The van der Waals surface area contributed by atoms with Crippen molar-refractivity contribution in [3.05, 3.63) is 11.6 Å². The van der Waals surface area contributed by atoms with Crippen LogP contribution in [0.15, 0.2) is 11.6 Å². The van der Waals surface area contributed by atoms with Gasteiger partial charge in [-0.25, -0.2) is 0 Å². The number of fused-ring (bicyclic) bond motifs is 5. The maximum Gasteiger partial charge on any atom is 0.222 e. The van der Waals surface area contributed by atoms with E-state index in [-0.39, 0.29) is 48.0 Å². The first-order chi connectivity index (χ1) is 17.0. The Morgan fingerprint density at radius 3 is 2.58 bits per heavy atom. The molecule has 0 aromatic heterocycles. The molecular weight excluding hydrogens is 458 g/mol. The minimum absolute atomic E-state index is 0.00902. The highest BCUT2D eigenvalue weighted by molar-refractivity contribution is 5.95. The molecule has 3 saturated carbocycles. The molecule has 202 valence electrons. The number of aliphatic hydroxyl groups is 3. The summed E-state index contributed by atoms with van der Waals surface area (Å²) in [5.41, 5.74) is -1.19. The number of carbonyl (C=O) groups is 2. The van der Waals surface area contributed by atoms with Crippen LogP contribution in [0.3, 0.4) is 0 Å². The Bertz CT molecular complexity index is 929. The predicted octanol–water partition coefficient (Wildman–Crippen LogP) is 3.00. The summed E-state index contributed by atoms with van der Waals surface area (Å²) in [5.74, 6) is -0.0962. The van der Waals surface area contributed by atoms with Crippen molar-refractivity contribution in [2.75, 3.05) is 13.2 Å². The number of allylic oxidation sites excluding steroid dienone is 1. The Hall–Kier alpha value is -1.28. The first-order valence-electron chi connectivity index (χ1n) is 14.2. The van der Waals surface area contributed by atoms with E-state index in [0.29, 0.717) is 25.8 Å². The fourth-order valence-corrected chi connectivity index (χ4v) is 9.11. The fraction of sp³-hybridized carbons (Fsp3) is 0.862. The summed E-state index contributed by atoms with van der Waals surface area (Å²) in [7, 11) is 0. The van der Waals surface area contributed by atoms with Crippen LogP contribution in [0.25, 0.3) is 0 Å². The van der Waals surface area contributed by atoms with Gasteiger partial charge in [-0.2, -0.15) is 0 Å². The first-order valence-corrected chi connectivity index (χ1v) is 14.2. The third-order valence-corrected chi connectivity index (χ3v) is 11.3. The summed E-state index contributed by atoms with van der Waals surface area (Å²) in [5, 5.41) is 33.3. The molecule has 10 atom stereocenters. The minimum Gasteiger partial charge on any atom is -0.390 e. The van der Waals surface area contributed by atoms with Gasteiger partial charge in [0.25, 0.3) is 0 Å². The molecule has 4 fully saturated rings. The summed E-state index contributed by atoms with van der Waals surface area (Å²) in [6, 6.07) is -0.0351. The largest absolute Gasteiger partial charge is 0.390 e. The molecule has 3 unspecified atom stereocenters. The van der Waals surface area contributed by atoms with Gasteiger partial charge < -0.3 is 25.0 Å². The molecule has 1 amide bonds. The smallest absolute Gasteiger partial charge is 0.222 e. The number of nitrogens with zero attached hydrogens (tertiary/aromatic N) is 1. The summed E-state index contributed by atoms with van der Waals surface area (Å²) in [6.07, 6.45) is 6.19. The zero-order chi connectivity index (χ0) is 26.0. The number of ether oxygens (including phenoxy) is 1. The molecule has 0 radical (unpaired) electrons. The number of carbonyl (C=O) groups excluding carboxylic acids is 2. The van der Waals surface area contributed by atoms with Crippen molar-refractivity contribution in [3.63, 3.8) is 0 Å². The van der Waals surface area contributed by atoms with Crippen LogP contribution in [0.1, 0.15) is 85.5 Å². The van der Waals surface area contributed by atoms with Gasteiger partial charge in [0.05, 0.1) is 23.9 Å². The second-order valence-electron chi connectivity index (χ2n) is 12.9. The molecule has 0 aromatic rings. The molecule has 0 spiro atoms. The standard InChI is InChI=1S/C29H45NO6/c1-5-26(34)30(16-18-7-6-12-36-18)17(2)19-9-11-29(35)21-13-23(31)22-14-24(32)25(33)15-27(22,3)20(21)8-10-28(19,29)4/h13,17-20,22,24-25,32-33,35H,5-12,14-16H2,1-4H3/t17?,18?,19-,20?,22+,24-,25+,27-,28-,29-/m1/s1. The molecule has 1 heterocycles. The van der Waals surface area contributed by atoms with Gasteiger partial charge >= 0.3 is 0 Å². The highest BCUT2D eigenvalue weighted by Crippen LogP contribution is 2.67. The summed E-state index contributed by atoms with van der Waals surface area (Å²) in [4.78, 5) is 28.5. The van der Waals surface area contributed by atoms with E-state index in [1.165, 1.54) is 0 Å². The lowest BCUT2D eigenvalue weighted by atomic mass is 9.46. The Morgan fingerprint density at radius 1 is 1.17 bits per heavy atom. The predicted molar refractivity (Wildman–Crippen MR) is 135 cm³/mol. The molecule has 7 heteroatoms. The number of ketones is 1. The van der Waals surface area contributed by atoms with Crippen LogP contribution >= 0.6 is 0 Å². The lowest BCUT2D eigenvalue weighted by Crippen LogP contribution is -2.61. The monoisotopic (exact) mass is 503 g/mol. The Kier molecular flexibility index (Phi) is 6.71. The number of amides is 1. The van der Waals surface area contributed by atoms with Crippen LogP contribution < -0.4 is 0 Å². The maximum absolute atomic E-state index is 13.4. The van der Waals surface area contributed by atoms with Gasteiger partial charge in [-0.3, -0.25) is 9.59 Å². The van der Waals surface area contributed by atoms with E-state index in [1.807, 2.05) is 11.8 Å². The van der Waals surface area contributed by atoms with Gasteiger partial charge in [0, 0.05) is 36.9 Å². The molecule has 5 aliphatic rings. The fourth-order valence-electron chi connectivity index (χ4n) is 9.11. The lowest BCUT2D eigenvalue weighted by Gasteiger charge is -2.60. The summed E-state index contributed by atoms with van der Waals surface area (Å²) in [6.45, 7) is 9.63. The van der Waals surface area contributed by atoms with Crippen molar-refractivity contribution in [2.24, 2.45) is 28.6 Å². The SMILES string of the molecule is CCC(=O)N(CC1CCCO1)C(C)[C@H]1CC[C@@]2(O)C3=CC(=O)[C@@H]4C[C@@H](O)[C@@H](O)C[C@]4(C)C3CC[C@]12C. The molecule has 7 nitrogen and oxygen atoms in total. The number of aliphatic hydroxyl groups excluding tert-OH is 2. The maximum atomic E-state index is 13.4. The zero-order valence-corrected chi connectivity index (χ0v) is 22.4. The Morgan fingerprint density at radius 2 is 1.92 bits per heavy atom. The van der Waals surface area contributed by atoms with Crippen LogP contribution in [0.4, 0.5) is 0 Å². The Balaban J connectivity index is 1.46. The molecule has 0 aromatic carbocycles. The molecule has 36 heavy (non-hydrogen) atoms. The van der Waals surface area contributed by atoms with Gasteiger partial charge in [-0.1, -0.05) is 20.8 Å². The normalized spacial score (nSPS) is 47.0. The lowest BCUT2D eigenvalue weighted by molar-refractivity contribution is -0.155.